The van der Waals surface area contributed by atoms with Gasteiger partial charge in [-0.3, -0.25) is 4.90 Å². The summed E-state index contributed by atoms with van der Waals surface area (Å²) >= 11 is 0. The molecule has 0 bridgehead atoms. The maximum Gasteiger partial charge on any atom is 0.319 e. The summed E-state index contributed by atoms with van der Waals surface area (Å²) in [6.45, 7) is 11.4. The molecule has 2 N–H and O–H groups in total. The average Bonchev–Trinajstić information content (AvgIpc) is 2.58. The number of benzene rings is 1. The van der Waals surface area contributed by atoms with Gasteiger partial charge in [0.15, 0.2) is 0 Å². The number of carbonyl (C=O) groups excluding carboxylic acids is 1. The van der Waals surface area contributed by atoms with Gasteiger partial charge in [-0.2, -0.15) is 0 Å². The number of amides is 2. The second-order valence-electron chi connectivity index (χ2n) is 7.68. The van der Waals surface area contributed by atoms with Crippen molar-refractivity contribution in [3.05, 3.63) is 30.3 Å². The molecule has 1 fully saturated rings. The third-order valence-electron chi connectivity index (χ3n) is 6.65. The van der Waals surface area contributed by atoms with Crippen LogP contribution in [0.15, 0.2) is 30.3 Å². The molecule has 24 heavy (non-hydrogen) atoms. The zero-order valence-electron chi connectivity index (χ0n) is 16.0. The first-order valence-electron chi connectivity index (χ1n) is 9.13. The van der Waals surface area contributed by atoms with Crippen molar-refractivity contribution in [2.24, 2.45) is 5.92 Å². The van der Waals surface area contributed by atoms with E-state index in [0.29, 0.717) is 5.92 Å². The van der Waals surface area contributed by atoms with E-state index in [2.05, 4.69) is 57.2 Å². The smallest absolute Gasteiger partial charge is 0.319 e. The topological polar surface area (TPSA) is 44.4 Å². The van der Waals surface area contributed by atoms with Crippen LogP contribution in [0.2, 0.25) is 0 Å². The van der Waals surface area contributed by atoms with Crippen LogP contribution in [-0.4, -0.2) is 35.1 Å². The molecule has 4 atom stereocenters. The van der Waals surface area contributed by atoms with Crippen LogP contribution in [-0.2, 0) is 0 Å². The maximum absolute atomic E-state index is 12.5. The Morgan fingerprint density at radius 1 is 1.21 bits per heavy atom. The van der Waals surface area contributed by atoms with Crippen LogP contribution in [0, 0.1) is 5.92 Å². The van der Waals surface area contributed by atoms with Gasteiger partial charge in [-0.15, -0.1) is 0 Å². The highest BCUT2D eigenvalue weighted by Crippen LogP contribution is 2.44. The molecule has 4 unspecified atom stereocenters. The SMILES string of the molecule is CCC1(C)CC(NC(=O)Nc2ccccc2)C(C)C(C)(CC)N1C. The average molecular weight is 332 g/mol. The Labute approximate surface area is 147 Å². The summed E-state index contributed by atoms with van der Waals surface area (Å²) in [5.41, 5.74) is 1.00. The first kappa shape index (κ1) is 18.8. The van der Waals surface area contributed by atoms with Crippen LogP contribution >= 0.6 is 0 Å². The van der Waals surface area contributed by atoms with Crippen molar-refractivity contribution < 1.29 is 4.79 Å². The second kappa shape index (κ2) is 7.14. The zero-order chi connectivity index (χ0) is 18.0. The molecule has 1 aromatic rings. The standard InChI is InChI=1S/C20H33N3O/c1-7-19(4)14-17(15(3)20(5,8-2)23(19)6)22-18(24)21-16-12-10-9-11-13-16/h9-13,15,17H,7-8,14H2,1-6H3,(H2,21,22,24). The van der Waals surface area contributed by atoms with E-state index < -0.39 is 0 Å². The molecule has 1 heterocycles. The molecule has 134 valence electrons. The van der Waals surface area contributed by atoms with E-state index in [0.717, 1.165) is 24.9 Å². The van der Waals surface area contributed by atoms with Crippen LogP contribution in [0.25, 0.3) is 0 Å². The van der Waals surface area contributed by atoms with E-state index in [9.17, 15) is 4.79 Å². The Bertz CT molecular complexity index is 561. The number of anilines is 1. The van der Waals surface area contributed by atoms with Crippen LogP contribution in [0.5, 0.6) is 0 Å². The van der Waals surface area contributed by atoms with Gasteiger partial charge in [0.25, 0.3) is 0 Å². The molecular formula is C20H33N3O. The van der Waals surface area contributed by atoms with Crippen LogP contribution in [0.1, 0.15) is 53.9 Å². The van der Waals surface area contributed by atoms with Crippen molar-refractivity contribution in [3.63, 3.8) is 0 Å². The molecule has 2 rings (SSSR count). The molecule has 0 spiro atoms. The minimum atomic E-state index is -0.112. The Balaban J connectivity index is 2.15. The predicted molar refractivity (Wildman–Crippen MR) is 101 cm³/mol. The number of nitrogens with one attached hydrogen (secondary N) is 2. The van der Waals surface area contributed by atoms with Crippen LogP contribution in [0.4, 0.5) is 10.5 Å². The van der Waals surface area contributed by atoms with Crippen LogP contribution < -0.4 is 10.6 Å². The Morgan fingerprint density at radius 3 is 2.38 bits per heavy atom. The summed E-state index contributed by atoms with van der Waals surface area (Å²) in [6, 6.07) is 9.67. The summed E-state index contributed by atoms with van der Waals surface area (Å²) in [5, 5.41) is 6.19. The fourth-order valence-electron chi connectivity index (χ4n) is 4.12. The van der Waals surface area contributed by atoms with Gasteiger partial charge in [0.1, 0.15) is 0 Å². The second-order valence-corrected chi connectivity index (χ2v) is 7.68. The van der Waals surface area contributed by atoms with Gasteiger partial charge in [0.05, 0.1) is 0 Å². The van der Waals surface area contributed by atoms with Crippen molar-refractivity contribution in [1.29, 1.82) is 0 Å². The highest BCUT2D eigenvalue weighted by molar-refractivity contribution is 5.89. The fraction of sp³-hybridized carbons (Fsp3) is 0.650. The Morgan fingerprint density at radius 2 is 1.83 bits per heavy atom. The lowest BCUT2D eigenvalue weighted by molar-refractivity contribution is -0.0764. The lowest BCUT2D eigenvalue weighted by Gasteiger charge is -2.59. The van der Waals surface area contributed by atoms with Crippen molar-refractivity contribution in [2.75, 3.05) is 12.4 Å². The number of likely N-dealkylation sites (tertiary alicyclic amines) is 1. The largest absolute Gasteiger partial charge is 0.335 e. The molecule has 0 radical (unpaired) electrons. The normalized spacial score (nSPS) is 33.9. The van der Waals surface area contributed by atoms with E-state index in [1.807, 2.05) is 30.3 Å². The molecule has 1 saturated heterocycles. The monoisotopic (exact) mass is 331 g/mol. The number of urea groups is 1. The number of hydrogen-bond donors (Lipinski definition) is 2. The number of nitrogens with zero attached hydrogens (tertiary/aromatic N) is 1. The van der Waals surface area contributed by atoms with E-state index in [4.69, 9.17) is 0 Å². The highest BCUT2D eigenvalue weighted by atomic mass is 16.2. The number of carbonyl (C=O) groups is 1. The molecule has 0 aromatic heterocycles. The zero-order valence-corrected chi connectivity index (χ0v) is 16.0. The van der Waals surface area contributed by atoms with Crippen molar-refractivity contribution in [2.45, 2.75) is 71.0 Å². The van der Waals surface area contributed by atoms with Crippen LogP contribution in [0.3, 0.4) is 0 Å². The molecule has 1 aromatic carbocycles. The fourth-order valence-corrected chi connectivity index (χ4v) is 4.12. The van der Waals surface area contributed by atoms with Gasteiger partial charge >= 0.3 is 6.03 Å². The van der Waals surface area contributed by atoms with Gasteiger partial charge in [-0.1, -0.05) is 39.0 Å². The number of hydrogen-bond acceptors (Lipinski definition) is 2. The molecule has 2 amide bonds. The minimum Gasteiger partial charge on any atom is -0.335 e. The quantitative estimate of drug-likeness (QED) is 0.854. The molecule has 0 aliphatic carbocycles. The van der Waals surface area contributed by atoms with Crippen molar-refractivity contribution in [3.8, 4) is 0 Å². The van der Waals surface area contributed by atoms with Crippen molar-refractivity contribution in [1.82, 2.24) is 10.2 Å². The van der Waals surface area contributed by atoms with Gasteiger partial charge in [-0.25, -0.2) is 4.79 Å². The molecule has 4 heteroatoms. The first-order chi connectivity index (χ1) is 11.3. The highest BCUT2D eigenvalue weighted by Gasteiger charge is 2.51. The maximum atomic E-state index is 12.5. The summed E-state index contributed by atoms with van der Waals surface area (Å²) in [4.78, 5) is 15.0. The van der Waals surface area contributed by atoms with E-state index in [1.165, 1.54) is 0 Å². The summed E-state index contributed by atoms with van der Waals surface area (Å²) in [6.07, 6.45) is 3.11. The molecule has 0 saturated carbocycles. The summed E-state index contributed by atoms with van der Waals surface area (Å²) in [7, 11) is 2.24. The van der Waals surface area contributed by atoms with Gasteiger partial charge in [0.2, 0.25) is 0 Å². The lowest BCUT2D eigenvalue weighted by Crippen LogP contribution is -2.69. The molecule has 1 aliphatic rings. The third kappa shape index (κ3) is 3.44. The predicted octanol–water partition coefficient (Wildman–Crippen LogP) is 4.49. The summed E-state index contributed by atoms with van der Waals surface area (Å²) < 4.78 is 0. The number of piperidine rings is 1. The summed E-state index contributed by atoms with van der Waals surface area (Å²) in [5.74, 6) is 0.383. The molecule has 4 nitrogen and oxygen atoms in total. The number of rotatable bonds is 4. The lowest BCUT2D eigenvalue weighted by atomic mass is 9.67. The van der Waals surface area contributed by atoms with Gasteiger partial charge in [-0.05, 0) is 58.2 Å². The van der Waals surface area contributed by atoms with E-state index in [1.54, 1.807) is 0 Å². The third-order valence-corrected chi connectivity index (χ3v) is 6.65. The number of para-hydroxylation sites is 1. The van der Waals surface area contributed by atoms with Gasteiger partial charge in [0, 0.05) is 22.8 Å². The minimum absolute atomic E-state index is 0.0771. The Hall–Kier alpha value is -1.55. The van der Waals surface area contributed by atoms with E-state index in [-0.39, 0.29) is 23.2 Å². The van der Waals surface area contributed by atoms with Gasteiger partial charge < -0.3 is 10.6 Å². The first-order valence-corrected chi connectivity index (χ1v) is 9.13. The molecule has 1 aliphatic heterocycles. The Kier molecular flexibility index (Phi) is 5.59. The van der Waals surface area contributed by atoms with E-state index >= 15 is 0 Å². The molecular weight excluding hydrogens is 298 g/mol. The van der Waals surface area contributed by atoms with Crippen molar-refractivity contribution >= 4 is 11.7 Å².